The molecule has 2 N–H and O–H groups in total. The summed E-state index contributed by atoms with van der Waals surface area (Å²) in [4.78, 5) is 4.61. The number of aryl methyl sites for hydroxylation is 2. The predicted molar refractivity (Wildman–Crippen MR) is 84.5 cm³/mol. The first-order chi connectivity index (χ1) is 9.47. The molecule has 3 aromatic rings. The smallest absolute Gasteiger partial charge is 0.139 e. The van der Waals surface area contributed by atoms with Gasteiger partial charge in [0.2, 0.25) is 0 Å². The quantitative estimate of drug-likeness (QED) is 0.719. The first-order valence-electron chi connectivity index (χ1n) is 6.18. The first kappa shape index (κ1) is 13.3. The number of fused-ring (bicyclic) bond motifs is 1. The number of anilines is 1. The lowest BCUT2D eigenvalue weighted by atomic mass is 10.1. The van der Waals surface area contributed by atoms with Crippen LogP contribution in [0.2, 0.25) is 10.0 Å². The van der Waals surface area contributed by atoms with Crippen molar-refractivity contribution in [3.8, 4) is 11.3 Å². The minimum atomic E-state index is 0.544. The molecular weight excluding hydrogens is 293 g/mol. The number of nitrogens with two attached hydrogens (primary N) is 1. The summed E-state index contributed by atoms with van der Waals surface area (Å²) >= 11 is 12.2. The van der Waals surface area contributed by atoms with Gasteiger partial charge in [-0.25, -0.2) is 4.98 Å². The minimum absolute atomic E-state index is 0.544. The second-order valence-corrected chi connectivity index (χ2v) is 5.68. The molecule has 0 saturated heterocycles. The maximum atomic E-state index is 6.25. The van der Waals surface area contributed by atoms with Crippen molar-refractivity contribution in [1.29, 1.82) is 0 Å². The van der Waals surface area contributed by atoms with Crippen molar-refractivity contribution in [1.82, 2.24) is 9.38 Å². The van der Waals surface area contributed by atoms with Crippen molar-refractivity contribution in [2.24, 2.45) is 0 Å². The van der Waals surface area contributed by atoms with E-state index < -0.39 is 0 Å². The van der Waals surface area contributed by atoms with Crippen LogP contribution in [0.15, 0.2) is 30.3 Å². The molecule has 0 atom stereocenters. The molecule has 1 aromatic carbocycles. The Bertz CT molecular complexity index is 822. The number of nitrogens with zero attached hydrogens (tertiary/aromatic N) is 2. The van der Waals surface area contributed by atoms with Crippen LogP contribution >= 0.6 is 23.2 Å². The minimum Gasteiger partial charge on any atom is -0.383 e. The Kier molecular flexibility index (Phi) is 3.11. The van der Waals surface area contributed by atoms with E-state index in [1.807, 2.05) is 30.4 Å². The van der Waals surface area contributed by atoms with Gasteiger partial charge in [0.1, 0.15) is 17.2 Å². The fraction of sp³-hybridized carbons (Fsp3) is 0.133. The molecule has 20 heavy (non-hydrogen) atoms. The molecule has 102 valence electrons. The van der Waals surface area contributed by atoms with E-state index in [1.165, 1.54) is 0 Å². The van der Waals surface area contributed by atoms with Crippen LogP contribution in [0, 0.1) is 13.8 Å². The van der Waals surface area contributed by atoms with E-state index in [2.05, 4.69) is 11.1 Å². The predicted octanol–water partition coefficient (Wildman–Crippen LogP) is 4.51. The number of aromatic nitrogens is 2. The summed E-state index contributed by atoms with van der Waals surface area (Å²) in [5, 5.41) is 1.13. The highest BCUT2D eigenvalue weighted by molar-refractivity contribution is 6.36. The molecule has 0 amide bonds. The summed E-state index contributed by atoms with van der Waals surface area (Å²) in [6.07, 6.45) is 0. The van der Waals surface area contributed by atoms with Crippen LogP contribution in [0.4, 0.5) is 5.82 Å². The molecule has 0 fully saturated rings. The highest BCUT2D eigenvalue weighted by atomic mass is 35.5. The number of pyridine rings is 1. The summed E-state index contributed by atoms with van der Waals surface area (Å²) < 4.78 is 1.92. The van der Waals surface area contributed by atoms with Gasteiger partial charge in [-0.3, -0.25) is 4.40 Å². The van der Waals surface area contributed by atoms with E-state index in [0.29, 0.717) is 21.6 Å². The Balaban J connectivity index is 2.32. The lowest BCUT2D eigenvalue weighted by Gasteiger charge is -2.05. The zero-order valence-corrected chi connectivity index (χ0v) is 12.6. The molecule has 0 bridgehead atoms. The van der Waals surface area contributed by atoms with E-state index in [1.54, 1.807) is 12.1 Å². The Morgan fingerprint density at radius 3 is 2.55 bits per heavy atom. The van der Waals surface area contributed by atoms with E-state index in [-0.39, 0.29) is 0 Å². The summed E-state index contributed by atoms with van der Waals surface area (Å²) in [5.41, 5.74) is 10.7. The number of benzene rings is 1. The maximum Gasteiger partial charge on any atom is 0.139 e. The highest BCUT2D eigenvalue weighted by Crippen LogP contribution is 2.34. The van der Waals surface area contributed by atoms with E-state index in [4.69, 9.17) is 28.9 Å². The van der Waals surface area contributed by atoms with Gasteiger partial charge < -0.3 is 5.73 Å². The van der Waals surface area contributed by atoms with Crippen LogP contribution in [0.3, 0.4) is 0 Å². The van der Waals surface area contributed by atoms with Crippen molar-refractivity contribution in [3.63, 3.8) is 0 Å². The van der Waals surface area contributed by atoms with Crippen molar-refractivity contribution >= 4 is 34.7 Å². The second kappa shape index (κ2) is 4.69. The SMILES string of the molecule is Cc1cc(C)n2c(N)c(-c3ccc(Cl)cc3Cl)nc2c1. The van der Waals surface area contributed by atoms with E-state index in [0.717, 1.165) is 22.5 Å². The Hall–Kier alpha value is -1.71. The van der Waals surface area contributed by atoms with Crippen molar-refractivity contribution in [2.75, 3.05) is 5.73 Å². The Morgan fingerprint density at radius 2 is 1.85 bits per heavy atom. The number of halogens is 2. The van der Waals surface area contributed by atoms with E-state index >= 15 is 0 Å². The zero-order chi connectivity index (χ0) is 14.4. The van der Waals surface area contributed by atoms with Gasteiger partial charge in [0.05, 0.1) is 5.02 Å². The molecule has 0 aliphatic rings. The molecule has 0 spiro atoms. The van der Waals surface area contributed by atoms with Gasteiger partial charge in [-0.2, -0.15) is 0 Å². The summed E-state index contributed by atoms with van der Waals surface area (Å²) in [6.45, 7) is 4.04. The van der Waals surface area contributed by atoms with Crippen LogP contribution in [0.25, 0.3) is 16.9 Å². The van der Waals surface area contributed by atoms with Crippen molar-refractivity contribution in [2.45, 2.75) is 13.8 Å². The van der Waals surface area contributed by atoms with Gasteiger partial charge in [0.25, 0.3) is 0 Å². The second-order valence-electron chi connectivity index (χ2n) is 4.84. The molecule has 3 rings (SSSR count). The maximum absolute atomic E-state index is 6.25. The fourth-order valence-corrected chi connectivity index (χ4v) is 2.94. The van der Waals surface area contributed by atoms with Crippen LogP contribution in [-0.2, 0) is 0 Å². The summed E-state index contributed by atoms with van der Waals surface area (Å²) in [7, 11) is 0. The number of imidazole rings is 1. The number of rotatable bonds is 1. The first-order valence-corrected chi connectivity index (χ1v) is 6.93. The number of nitrogen functional groups attached to an aromatic ring is 1. The Labute approximate surface area is 127 Å². The van der Waals surface area contributed by atoms with E-state index in [9.17, 15) is 0 Å². The van der Waals surface area contributed by atoms with Crippen LogP contribution in [0.5, 0.6) is 0 Å². The molecule has 0 radical (unpaired) electrons. The molecule has 0 unspecified atom stereocenters. The molecule has 0 aliphatic carbocycles. The van der Waals surface area contributed by atoms with Gasteiger partial charge in [-0.15, -0.1) is 0 Å². The van der Waals surface area contributed by atoms with Gasteiger partial charge >= 0.3 is 0 Å². The number of hydrogen-bond acceptors (Lipinski definition) is 2. The van der Waals surface area contributed by atoms with Gasteiger partial charge in [0, 0.05) is 16.3 Å². The van der Waals surface area contributed by atoms with Gasteiger partial charge in [-0.05, 0) is 49.7 Å². The third kappa shape index (κ3) is 2.03. The average molecular weight is 306 g/mol. The molecule has 2 heterocycles. The fourth-order valence-electron chi connectivity index (χ4n) is 2.44. The standard InChI is InChI=1S/C15H13Cl2N3/c1-8-5-9(2)20-13(6-8)19-14(15(20)18)11-4-3-10(16)7-12(11)17/h3-7H,18H2,1-2H3. The molecule has 5 heteroatoms. The van der Waals surface area contributed by atoms with Crippen molar-refractivity contribution in [3.05, 3.63) is 51.6 Å². The summed E-state index contributed by atoms with van der Waals surface area (Å²) in [6, 6.07) is 9.38. The average Bonchev–Trinajstić information content (AvgIpc) is 2.66. The zero-order valence-electron chi connectivity index (χ0n) is 11.1. The molecule has 0 saturated carbocycles. The third-order valence-electron chi connectivity index (χ3n) is 3.27. The molecule has 3 nitrogen and oxygen atoms in total. The van der Waals surface area contributed by atoms with Crippen molar-refractivity contribution < 1.29 is 0 Å². The molecule has 0 aliphatic heterocycles. The molecular formula is C15H13Cl2N3. The van der Waals surface area contributed by atoms with Crippen LogP contribution < -0.4 is 5.73 Å². The van der Waals surface area contributed by atoms with Crippen LogP contribution in [-0.4, -0.2) is 9.38 Å². The molecule has 2 aromatic heterocycles. The lowest BCUT2D eigenvalue weighted by Crippen LogP contribution is -1.98. The Morgan fingerprint density at radius 1 is 1.10 bits per heavy atom. The number of hydrogen-bond donors (Lipinski definition) is 1. The third-order valence-corrected chi connectivity index (χ3v) is 3.82. The van der Waals surface area contributed by atoms with Crippen LogP contribution in [0.1, 0.15) is 11.3 Å². The monoisotopic (exact) mass is 305 g/mol. The largest absolute Gasteiger partial charge is 0.383 e. The highest BCUT2D eigenvalue weighted by Gasteiger charge is 2.15. The lowest BCUT2D eigenvalue weighted by molar-refractivity contribution is 1.09. The van der Waals surface area contributed by atoms with Gasteiger partial charge in [-0.1, -0.05) is 23.2 Å². The summed E-state index contributed by atoms with van der Waals surface area (Å²) in [5.74, 6) is 0.585. The van der Waals surface area contributed by atoms with Gasteiger partial charge in [0.15, 0.2) is 0 Å². The normalized spacial score (nSPS) is 11.2. The topological polar surface area (TPSA) is 43.3 Å².